The van der Waals surface area contributed by atoms with Crippen LogP contribution in [0.1, 0.15) is 17.2 Å². The summed E-state index contributed by atoms with van der Waals surface area (Å²) < 4.78 is 1.81. The van der Waals surface area contributed by atoms with E-state index in [1.165, 1.54) is 5.56 Å². The number of hydrogen-bond acceptors (Lipinski definition) is 4. The molecule has 2 aromatic heterocycles. The number of aryl methyl sites for hydroxylation is 1. The van der Waals surface area contributed by atoms with E-state index in [2.05, 4.69) is 20.4 Å². The highest BCUT2D eigenvalue weighted by molar-refractivity contribution is 5.15. The molecule has 0 saturated carbocycles. The van der Waals surface area contributed by atoms with Crippen LogP contribution in [0.2, 0.25) is 0 Å². The fraction of sp³-hybridized carbons (Fsp3) is 0.364. The Labute approximate surface area is 94.5 Å². The maximum atomic E-state index is 4.16. The number of nitrogens with zero attached hydrogens (tertiary/aromatic N) is 4. The van der Waals surface area contributed by atoms with Gasteiger partial charge in [0.1, 0.15) is 6.33 Å². The summed E-state index contributed by atoms with van der Waals surface area (Å²) in [5.74, 6) is 0. The van der Waals surface area contributed by atoms with Crippen LogP contribution in [-0.2, 0) is 13.5 Å². The van der Waals surface area contributed by atoms with E-state index in [4.69, 9.17) is 0 Å². The summed E-state index contributed by atoms with van der Waals surface area (Å²) in [4.78, 5) is 8.06. The van der Waals surface area contributed by atoms with Gasteiger partial charge in [-0.1, -0.05) is 0 Å². The van der Waals surface area contributed by atoms with Gasteiger partial charge in [0.15, 0.2) is 0 Å². The molecule has 16 heavy (non-hydrogen) atoms. The summed E-state index contributed by atoms with van der Waals surface area (Å²) >= 11 is 0. The first-order chi connectivity index (χ1) is 7.79. The lowest BCUT2D eigenvalue weighted by molar-refractivity contribution is 0.587. The van der Waals surface area contributed by atoms with Crippen molar-refractivity contribution in [1.82, 2.24) is 25.1 Å². The molecule has 0 aliphatic carbocycles. The Balaban J connectivity index is 2.12. The van der Waals surface area contributed by atoms with Crippen LogP contribution in [0.25, 0.3) is 0 Å². The number of aromatic nitrogens is 4. The molecule has 1 atom stereocenters. The average Bonchev–Trinajstić information content (AvgIpc) is 2.73. The van der Waals surface area contributed by atoms with E-state index < -0.39 is 0 Å². The topological polar surface area (TPSA) is 55.6 Å². The van der Waals surface area contributed by atoms with Crippen LogP contribution in [-0.4, -0.2) is 26.8 Å². The van der Waals surface area contributed by atoms with Crippen molar-refractivity contribution in [3.05, 3.63) is 42.2 Å². The number of likely N-dealkylation sites (N-methyl/N-ethyl adjacent to an activating group) is 1. The Morgan fingerprint density at radius 1 is 1.31 bits per heavy atom. The lowest BCUT2D eigenvalue weighted by atomic mass is 10.0. The second kappa shape index (κ2) is 4.85. The number of rotatable bonds is 4. The minimum atomic E-state index is 0.227. The largest absolute Gasteiger partial charge is 0.313 e. The molecule has 84 valence electrons. The molecule has 2 rings (SSSR count). The third-order valence-electron chi connectivity index (χ3n) is 2.53. The molecule has 0 amide bonds. The van der Waals surface area contributed by atoms with Gasteiger partial charge in [0.2, 0.25) is 0 Å². The van der Waals surface area contributed by atoms with E-state index in [-0.39, 0.29) is 6.04 Å². The highest BCUT2D eigenvalue weighted by atomic mass is 15.2. The van der Waals surface area contributed by atoms with Crippen LogP contribution in [0.3, 0.4) is 0 Å². The SMILES string of the molecule is CNC(Cc1cnn(C)c1)c1cncnc1. The second-order valence-corrected chi connectivity index (χ2v) is 3.74. The standard InChI is InChI=1S/C11H15N5/c1-12-11(10-5-13-8-14-6-10)3-9-4-15-16(2)7-9/h4-8,11-12H,3H2,1-2H3. The molecule has 0 fully saturated rings. The number of hydrogen-bond donors (Lipinski definition) is 1. The Kier molecular flexibility index (Phi) is 3.26. The highest BCUT2D eigenvalue weighted by Crippen LogP contribution is 2.15. The van der Waals surface area contributed by atoms with E-state index in [1.54, 1.807) is 6.33 Å². The molecule has 0 spiro atoms. The lowest BCUT2D eigenvalue weighted by Gasteiger charge is -2.14. The van der Waals surface area contributed by atoms with Crippen LogP contribution >= 0.6 is 0 Å². The normalized spacial score (nSPS) is 12.6. The summed E-state index contributed by atoms with van der Waals surface area (Å²) in [6.07, 6.45) is 10.0. The zero-order valence-corrected chi connectivity index (χ0v) is 9.46. The molecule has 0 aliphatic rings. The van der Waals surface area contributed by atoms with E-state index in [1.807, 2.05) is 43.6 Å². The van der Waals surface area contributed by atoms with Crippen molar-refractivity contribution >= 4 is 0 Å². The van der Waals surface area contributed by atoms with E-state index in [9.17, 15) is 0 Å². The predicted octanol–water partition coefficient (Wildman–Crippen LogP) is 0.713. The highest BCUT2D eigenvalue weighted by Gasteiger charge is 2.11. The van der Waals surface area contributed by atoms with E-state index >= 15 is 0 Å². The molecule has 2 heterocycles. The number of nitrogens with one attached hydrogen (secondary N) is 1. The van der Waals surface area contributed by atoms with Gasteiger partial charge in [0.25, 0.3) is 0 Å². The molecular formula is C11H15N5. The lowest BCUT2D eigenvalue weighted by Crippen LogP contribution is -2.19. The van der Waals surface area contributed by atoms with Gasteiger partial charge in [0.05, 0.1) is 6.20 Å². The summed E-state index contributed by atoms with van der Waals surface area (Å²) in [6.45, 7) is 0. The molecule has 1 unspecified atom stereocenters. The van der Waals surface area contributed by atoms with Crippen molar-refractivity contribution in [1.29, 1.82) is 0 Å². The maximum Gasteiger partial charge on any atom is 0.115 e. The van der Waals surface area contributed by atoms with Crippen molar-refractivity contribution in [2.45, 2.75) is 12.5 Å². The van der Waals surface area contributed by atoms with Crippen molar-refractivity contribution < 1.29 is 0 Å². The van der Waals surface area contributed by atoms with Gasteiger partial charge in [0, 0.05) is 37.2 Å². The summed E-state index contributed by atoms with van der Waals surface area (Å²) in [6, 6.07) is 0.227. The Morgan fingerprint density at radius 3 is 2.62 bits per heavy atom. The Hall–Kier alpha value is -1.75. The van der Waals surface area contributed by atoms with Crippen molar-refractivity contribution in [2.75, 3.05) is 7.05 Å². The van der Waals surface area contributed by atoms with Crippen molar-refractivity contribution in [2.24, 2.45) is 7.05 Å². The molecule has 0 aliphatic heterocycles. The van der Waals surface area contributed by atoms with Crippen LogP contribution < -0.4 is 5.32 Å². The van der Waals surface area contributed by atoms with Crippen LogP contribution in [0.4, 0.5) is 0 Å². The Bertz CT molecular complexity index is 437. The first kappa shape index (κ1) is 10.8. The van der Waals surface area contributed by atoms with E-state index in [0.29, 0.717) is 0 Å². The van der Waals surface area contributed by atoms with Gasteiger partial charge in [-0.2, -0.15) is 5.10 Å². The van der Waals surface area contributed by atoms with Gasteiger partial charge < -0.3 is 5.32 Å². The predicted molar refractivity (Wildman–Crippen MR) is 60.7 cm³/mol. The average molecular weight is 217 g/mol. The quantitative estimate of drug-likeness (QED) is 0.819. The summed E-state index contributed by atoms with van der Waals surface area (Å²) in [5, 5.41) is 7.41. The smallest absolute Gasteiger partial charge is 0.115 e. The zero-order valence-electron chi connectivity index (χ0n) is 9.46. The molecule has 1 N–H and O–H groups in total. The first-order valence-electron chi connectivity index (χ1n) is 5.19. The monoisotopic (exact) mass is 217 g/mol. The first-order valence-corrected chi connectivity index (χ1v) is 5.19. The molecule has 0 aromatic carbocycles. The molecule has 0 saturated heterocycles. The van der Waals surface area contributed by atoms with Gasteiger partial charge >= 0.3 is 0 Å². The summed E-state index contributed by atoms with van der Waals surface area (Å²) in [5.41, 5.74) is 2.29. The minimum absolute atomic E-state index is 0.227. The summed E-state index contributed by atoms with van der Waals surface area (Å²) in [7, 11) is 3.86. The third kappa shape index (κ3) is 2.43. The van der Waals surface area contributed by atoms with Crippen molar-refractivity contribution in [3.8, 4) is 0 Å². The third-order valence-corrected chi connectivity index (χ3v) is 2.53. The molecule has 0 bridgehead atoms. The fourth-order valence-electron chi connectivity index (χ4n) is 1.69. The zero-order chi connectivity index (χ0) is 11.4. The second-order valence-electron chi connectivity index (χ2n) is 3.74. The van der Waals surface area contributed by atoms with Gasteiger partial charge in [-0.15, -0.1) is 0 Å². The van der Waals surface area contributed by atoms with Gasteiger partial charge in [-0.05, 0) is 19.0 Å². The molecule has 2 aromatic rings. The maximum absolute atomic E-state index is 4.16. The van der Waals surface area contributed by atoms with Gasteiger partial charge in [-0.25, -0.2) is 9.97 Å². The molecular weight excluding hydrogens is 202 g/mol. The molecule has 0 radical (unpaired) electrons. The van der Waals surface area contributed by atoms with Crippen LogP contribution in [0.5, 0.6) is 0 Å². The minimum Gasteiger partial charge on any atom is -0.313 e. The molecule has 5 nitrogen and oxygen atoms in total. The fourth-order valence-corrected chi connectivity index (χ4v) is 1.69. The van der Waals surface area contributed by atoms with Gasteiger partial charge in [-0.3, -0.25) is 4.68 Å². The molecule has 5 heteroatoms. The Morgan fingerprint density at radius 2 is 2.06 bits per heavy atom. The van der Waals surface area contributed by atoms with E-state index in [0.717, 1.165) is 12.0 Å². The van der Waals surface area contributed by atoms with Crippen molar-refractivity contribution in [3.63, 3.8) is 0 Å². The van der Waals surface area contributed by atoms with Crippen LogP contribution in [0, 0.1) is 0 Å². The van der Waals surface area contributed by atoms with Crippen LogP contribution in [0.15, 0.2) is 31.1 Å².